The largest absolute Gasteiger partial charge is 0.396 e. The Labute approximate surface area is 150 Å². The van der Waals surface area contributed by atoms with Gasteiger partial charge in [-0.15, -0.1) is 0 Å². The molecule has 4 nitrogen and oxygen atoms in total. The first kappa shape index (κ1) is 17.0. The van der Waals surface area contributed by atoms with Crippen molar-refractivity contribution in [1.29, 1.82) is 0 Å². The predicted octanol–water partition coefficient (Wildman–Crippen LogP) is 3.05. The molecule has 0 amide bonds. The van der Waals surface area contributed by atoms with E-state index in [4.69, 9.17) is 0 Å². The maximum atomic E-state index is 9.54. The monoisotopic (exact) mass is 339 g/mol. The van der Waals surface area contributed by atoms with E-state index in [1.54, 1.807) is 0 Å². The van der Waals surface area contributed by atoms with Gasteiger partial charge in [0.25, 0.3) is 0 Å². The molecular weight excluding hydrogens is 310 g/mol. The number of aliphatic hydroxyl groups is 1. The highest BCUT2D eigenvalue weighted by Crippen LogP contribution is 2.28. The molecule has 1 unspecified atom stereocenters. The van der Waals surface area contributed by atoms with Gasteiger partial charge in [-0.05, 0) is 37.0 Å². The Morgan fingerprint density at radius 2 is 1.96 bits per heavy atom. The molecule has 25 heavy (non-hydrogen) atoms. The van der Waals surface area contributed by atoms with Gasteiger partial charge in [0.15, 0.2) is 0 Å². The fourth-order valence-corrected chi connectivity index (χ4v) is 4.75. The van der Waals surface area contributed by atoms with E-state index in [-0.39, 0.29) is 0 Å². The fourth-order valence-electron chi connectivity index (χ4n) is 4.75. The molecule has 2 heterocycles. The van der Waals surface area contributed by atoms with Crippen LogP contribution in [0, 0.1) is 0 Å². The molecule has 0 radical (unpaired) electrons. The average Bonchev–Trinajstić information content (AvgIpc) is 3.17. The topological polar surface area (TPSA) is 39.6 Å². The third-order valence-corrected chi connectivity index (χ3v) is 6.00. The van der Waals surface area contributed by atoms with E-state index < -0.39 is 0 Å². The van der Waals surface area contributed by atoms with Crippen LogP contribution < -0.4 is 0 Å². The quantitative estimate of drug-likeness (QED) is 0.909. The van der Waals surface area contributed by atoms with Gasteiger partial charge in [0.2, 0.25) is 0 Å². The summed E-state index contributed by atoms with van der Waals surface area (Å²) in [6.07, 6.45) is 8.20. The van der Waals surface area contributed by atoms with Crippen molar-refractivity contribution in [3.63, 3.8) is 0 Å². The van der Waals surface area contributed by atoms with E-state index in [1.165, 1.54) is 36.6 Å². The number of hydrogen-bond donors (Lipinski definition) is 1. The van der Waals surface area contributed by atoms with Crippen molar-refractivity contribution in [3.8, 4) is 0 Å². The Bertz CT molecular complexity index is 693. The lowest BCUT2D eigenvalue weighted by molar-refractivity contribution is 0.0269. The molecule has 2 aliphatic rings. The standard InChI is InChI=1S/C21H29N3O/c25-14-10-19-16-23(12-13-24(19)18-6-1-2-7-18)15-17-5-3-9-21-20(17)8-4-11-22-21/h3-5,8-9,11,18-19,25H,1-2,6-7,10,12-16H2. The Balaban J connectivity index is 1.48. The summed E-state index contributed by atoms with van der Waals surface area (Å²) in [6, 6.07) is 11.9. The third kappa shape index (κ3) is 3.71. The fraction of sp³-hybridized carbons (Fsp3) is 0.571. The van der Waals surface area contributed by atoms with Crippen LogP contribution in [0.1, 0.15) is 37.7 Å². The molecule has 0 bridgehead atoms. The summed E-state index contributed by atoms with van der Waals surface area (Å²) >= 11 is 0. The summed E-state index contributed by atoms with van der Waals surface area (Å²) < 4.78 is 0. The van der Waals surface area contributed by atoms with Crippen LogP contribution in [0.25, 0.3) is 10.9 Å². The summed E-state index contributed by atoms with van der Waals surface area (Å²) in [5, 5.41) is 10.8. The van der Waals surface area contributed by atoms with Gasteiger partial charge >= 0.3 is 0 Å². The van der Waals surface area contributed by atoms with E-state index in [9.17, 15) is 5.11 Å². The third-order valence-electron chi connectivity index (χ3n) is 6.00. The SMILES string of the molecule is OCCC1CN(Cc2cccc3ncccc23)CCN1C1CCCC1. The molecule has 1 aromatic carbocycles. The summed E-state index contributed by atoms with van der Waals surface area (Å²) in [5.41, 5.74) is 2.44. The van der Waals surface area contributed by atoms with Gasteiger partial charge in [-0.1, -0.05) is 31.0 Å². The lowest BCUT2D eigenvalue weighted by Gasteiger charge is -2.44. The molecule has 1 aromatic heterocycles. The highest BCUT2D eigenvalue weighted by atomic mass is 16.3. The lowest BCUT2D eigenvalue weighted by atomic mass is 10.0. The van der Waals surface area contributed by atoms with Crippen molar-refractivity contribution in [2.24, 2.45) is 0 Å². The maximum absolute atomic E-state index is 9.54. The molecular formula is C21H29N3O. The van der Waals surface area contributed by atoms with Crippen molar-refractivity contribution in [2.45, 2.75) is 50.7 Å². The van der Waals surface area contributed by atoms with Gasteiger partial charge in [-0.2, -0.15) is 0 Å². The number of rotatable bonds is 5. The Morgan fingerprint density at radius 3 is 2.80 bits per heavy atom. The van der Waals surface area contributed by atoms with Crippen LogP contribution in [0.15, 0.2) is 36.5 Å². The molecule has 4 heteroatoms. The lowest BCUT2D eigenvalue weighted by Crippen LogP contribution is -2.56. The summed E-state index contributed by atoms with van der Waals surface area (Å²) in [5.74, 6) is 0. The number of aliphatic hydroxyl groups excluding tert-OH is 1. The van der Waals surface area contributed by atoms with Crippen LogP contribution in [0.2, 0.25) is 0 Å². The van der Waals surface area contributed by atoms with Crippen molar-refractivity contribution in [2.75, 3.05) is 26.2 Å². The molecule has 4 rings (SSSR count). The molecule has 1 aliphatic carbocycles. The van der Waals surface area contributed by atoms with Crippen molar-refractivity contribution < 1.29 is 5.11 Å². The van der Waals surface area contributed by atoms with Gasteiger partial charge in [0.05, 0.1) is 5.52 Å². The zero-order valence-corrected chi connectivity index (χ0v) is 15.0. The van der Waals surface area contributed by atoms with Crippen LogP contribution >= 0.6 is 0 Å². The zero-order chi connectivity index (χ0) is 17.1. The molecule has 0 spiro atoms. The van der Waals surface area contributed by atoms with Gasteiger partial charge in [0.1, 0.15) is 0 Å². The first-order valence-corrected chi connectivity index (χ1v) is 9.77. The molecule has 1 saturated carbocycles. The summed E-state index contributed by atoms with van der Waals surface area (Å²) in [6.45, 7) is 4.59. The summed E-state index contributed by atoms with van der Waals surface area (Å²) in [4.78, 5) is 9.75. The molecule has 1 N–H and O–H groups in total. The Hall–Kier alpha value is -1.49. The second-order valence-electron chi connectivity index (χ2n) is 7.56. The van der Waals surface area contributed by atoms with Gasteiger partial charge in [0, 0.05) is 56.5 Å². The average molecular weight is 339 g/mol. The molecule has 2 fully saturated rings. The molecule has 2 aromatic rings. The molecule has 1 saturated heterocycles. The Morgan fingerprint density at radius 1 is 1.08 bits per heavy atom. The van der Waals surface area contributed by atoms with Crippen molar-refractivity contribution in [1.82, 2.24) is 14.8 Å². The van der Waals surface area contributed by atoms with E-state index in [0.29, 0.717) is 12.6 Å². The van der Waals surface area contributed by atoms with Gasteiger partial charge in [-0.25, -0.2) is 0 Å². The van der Waals surface area contributed by atoms with Crippen LogP contribution in [-0.4, -0.2) is 58.2 Å². The van der Waals surface area contributed by atoms with Crippen molar-refractivity contribution in [3.05, 3.63) is 42.1 Å². The maximum Gasteiger partial charge on any atom is 0.0705 e. The number of benzene rings is 1. The van der Waals surface area contributed by atoms with E-state index in [1.807, 2.05) is 12.3 Å². The second kappa shape index (κ2) is 7.81. The zero-order valence-electron chi connectivity index (χ0n) is 15.0. The van der Waals surface area contributed by atoms with Crippen LogP contribution in [-0.2, 0) is 6.54 Å². The highest BCUT2D eigenvalue weighted by molar-refractivity contribution is 5.81. The minimum atomic E-state index is 0.292. The summed E-state index contributed by atoms with van der Waals surface area (Å²) in [7, 11) is 0. The first-order chi connectivity index (χ1) is 12.3. The highest BCUT2D eigenvalue weighted by Gasteiger charge is 2.32. The first-order valence-electron chi connectivity index (χ1n) is 9.77. The van der Waals surface area contributed by atoms with E-state index in [2.05, 4.69) is 39.0 Å². The normalized spacial score (nSPS) is 23.5. The molecule has 1 atom stereocenters. The number of piperazine rings is 1. The van der Waals surface area contributed by atoms with Gasteiger partial charge in [-0.3, -0.25) is 14.8 Å². The number of pyridine rings is 1. The van der Waals surface area contributed by atoms with E-state index in [0.717, 1.165) is 44.2 Å². The number of nitrogens with zero attached hydrogens (tertiary/aromatic N) is 3. The smallest absolute Gasteiger partial charge is 0.0705 e. The van der Waals surface area contributed by atoms with Crippen molar-refractivity contribution >= 4 is 10.9 Å². The number of hydrogen-bond acceptors (Lipinski definition) is 4. The number of aromatic nitrogens is 1. The molecule has 1 aliphatic heterocycles. The number of fused-ring (bicyclic) bond motifs is 1. The van der Waals surface area contributed by atoms with Crippen LogP contribution in [0.3, 0.4) is 0 Å². The van der Waals surface area contributed by atoms with Crippen LogP contribution in [0.4, 0.5) is 0 Å². The predicted molar refractivity (Wildman–Crippen MR) is 101 cm³/mol. The Kier molecular flexibility index (Phi) is 5.30. The van der Waals surface area contributed by atoms with E-state index >= 15 is 0 Å². The van der Waals surface area contributed by atoms with Gasteiger partial charge < -0.3 is 5.11 Å². The van der Waals surface area contributed by atoms with Crippen LogP contribution in [0.5, 0.6) is 0 Å². The molecule has 134 valence electrons. The second-order valence-corrected chi connectivity index (χ2v) is 7.56. The minimum absolute atomic E-state index is 0.292. The minimum Gasteiger partial charge on any atom is -0.396 e.